The average Bonchev–Trinajstić information content (AvgIpc) is 2.51. The summed E-state index contributed by atoms with van der Waals surface area (Å²) in [7, 11) is 0. The Hall–Kier alpha value is -2.72. The molecule has 148 valence electrons. The maximum absolute atomic E-state index is 13.2. The molecule has 0 aliphatic heterocycles. The van der Waals surface area contributed by atoms with Crippen molar-refractivity contribution in [3.8, 4) is 0 Å². The minimum absolute atomic E-state index is 0.0597. The number of fused-ring (bicyclic) bond motifs is 1. The predicted molar refractivity (Wildman–Crippen MR) is 84.5 cm³/mol. The summed E-state index contributed by atoms with van der Waals surface area (Å²) in [6.07, 6.45) is -9.60. The summed E-state index contributed by atoms with van der Waals surface area (Å²) in [6.45, 7) is -0.963. The van der Waals surface area contributed by atoms with Crippen LogP contribution in [-0.4, -0.2) is 36.8 Å². The largest absolute Gasteiger partial charge is 0.465 e. The van der Waals surface area contributed by atoms with Crippen LogP contribution in [0.5, 0.6) is 0 Å². The first kappa shape index (κ1) is 20.6. The van der Waals surface area contributed by atoms with Gasteiger partial charge in [-0.1, -0.05) is 0 Å². The van der Waals surface area contributed by atoms with Crippen molar-refractivity contribution in [1.29, 1.82) is 0 Å². The Bertz CT molecular complexity index is 888. The molecule has 1 N–H and O–H groups in total. The van der Waals surface area contributed by atoms with Gasteiger partial charge in [0.1, 0.15) is 13.1 Å². The summed E-state index contributed by atoms with van der Waals surface area (Å²) in [5.74, 6) is -0.959. The molecule has 5 nitrogen and oxygen atoms in total. The van der Waals surface area contributed by atoms with Gasteiger partial charge in [-0.2, -0.15) is 26.3 Å². The van der Waals surface area contributed by atoms with E-state index in [9.17, 15) is 35.9 Å². The second-order valence-electron chi connectivity index (χ2n) is 5.55. The van der Waals surface area contributed by atoms with Crippen LogP contribution in [0.4, 0.5) is 32.0 Å². The number of benzene rings is 1. The topological polar surface area (TPSA) is 62.4 Å². The lowest BCUT2D eigenvalue weighted by atomic mass is 10.1. The number of nitrogens with one attached hydrogen (secondary N) is 1. The van der Waals surface area contributed by atoms with Gasteiger partial charge in [0, 0.05) is 22.7 Å². The first-order chi connectivity index (χ1) is 12.4. The quantitative estimate of drug-likeness (QED) is 0.621. The number of carbonyl (C=O) groups is 1. The molecular weight excluding hydrogens is 382 g/mol. The number of anilines is 1. The monoisotopic (exact) mass is 396 g/mol. The van der Waals surface area contributed by atoms with E-state index in [1.165, 1.54) is 6.92 Å². The van der Waals surface area contributed by atoms with Gasteiger partial charge in [0.2, 0.25) is 5.56 Å². The Balaban J connectivity index is 2.56. The molecule has 0 bridgehead atoms. The fraction of sp³-hybridized carbons (Fsp3) is 0.375. The summed E-state index contributed by atoms with van der Waals surface area (Å²) in [5, 5.41) is -0.490. The number of pyridine rings is 1. The molecule has 1 aromatic heterocycles. The van der Waals surface area contributed by atoms with Gasteiger partial charge in [-0.05, 0) is 25.1 Å². The Labute approximate surface area is 148 Å². The van der Waals surface area contributed by atoms with Crippen LogP contribution in [0.3, 0.4) is 0 Å². The highest BCUT2D eigenvalue weighted by atomic mass is 19.4. The number of nitrogens with zero attached hydrogens (tertiary/aromatic N) is 1. The van der Waals surface area contributed by atoms with Gasteiger partial charge in [0.15, 0.2) is 0 Å². The molecule has 0 fully saturated rings. The highest BCUT2D eigenvalue weighted by Crippen LogP contribution is 2.35. The van der Waals surface area contributed by atoms with Crippen LogP contribution in [0, 0.1) is 0 Å². The third-order valence-corrected chi connectivity index (χ3v) is 3.49. The van der Waals surface area contributed by atoms with Crippen molar-refractivity contribution in [2.45, 2.75) is 19.3 Å². The molecular formula is C16H14F6N2O3. The number of aromatic nitrogens is 1. The molecule has 0 aliphatic rings. The molecule has 0 amide bonds. The van der Waals surface area contributed by atoms with Crippen molar-refractivity contribution in [3.63, 3.8) is 0 Å². The molecule has 2 rings (SSSR count). The minimum atomic E-state index is -4.89. The Kier molecular flexibility index (Phi) is 5.71. The van der Waals surface area contributed by atoms with Crippen LogP contribution >= 0.6 is 0 Å². The standard InChI is InChI=1S/C16H14F6N2O3/c1-2-27-14(26)7-24(8-15(17,18)19)9-3-4-12-10(5-9)11(16(20,21)22)6-13(25)23-12/h3-6H,2,7-8H2,1H3,(H,23,25). The normalized spacial score (nSPS) is 12.3. The summed E-state index contributed by atoms with van der Waals surface area (Å²) in [4.78, 5) is 25.7. The van der Waals surface area contributed by atoms with Crippen molar-refractivity contribution in [1.82, 2.24) is 4.98 Å². The number of aromatic amines is 1. The Morgan fingerprint density at radius 1 is 1.15 bits per heavy atom. The molecule has 0 radical (unpaired) electrons. The summed E-state index contributed by atoms with van der Waals surface area (Å²) in [5.41, 5.74) is -2.75. The van der Waals surface area contributed by atoms with Crippen LogP contribution in [0.15, 0.2) is 29.1 Å². The smallest absolute Gasteiger partial charge is 0.417 e. The number of ether oxygens (including phenoxy) is 1. The van der Waals surface area contributed by atoms with E-state index in [1.54, 1.807) is 0 Å². The fourth-order valence-electron chi connectivity index (χ4n) is 2.49. The molecule has 0 atom stereocenters. The number of alkyl halides is 6. The molecule has 0 saturated carbocycles. The molecule has 11 heteroatoms. The van der Waals surface area contributed by atoms with Crippen LogP contribution in [0.2, 0.25) is 0 Å². The van der Waals surface area contributed by atoms with E-state index in [-0.39, 0.29) is 17.8 Å². The first-order valence-electron chi connectivity index (χ1n) is 7.62. The minimum Gasteiger partial charge on any atom is -0.465 e. The number of H-pyrrole nitrogens is 1. The third kappa shape index (κ3) is 5.38. The SMILES string of the molecule is CCOC(=O)CN(CC(F)(F)F)c1ccc2[nH]c(=O)cc(C(F)(F)F)c2c1. The van der Waals surface area contributed by atoms with Crippen molar-refractivity contribution < 1.29 is 35.9 Å². The summed E-state index contributed by atoms with van der Waals surface area (Å²) in [6, 6.07) is 3.31. The number of hydrogen-bond donors (Lipinski definition) is 1. The van der Waals surface area contributed by atoms with Gasteiger partial charge >= 0.3 is 18.3 Å². The van der Waals surface area contributed by atoms with Crippen LogP contribution in [-0.2, 0) is 15.7 Å². The zero-order chi connectivity index (χ0) is 20.4. The number of halogens is 6. The lowest BCUT2D eigenvalue weighted by molar-refractivity contribution is -0.142. The molecule has 2 aromatic rings. The van der Waals surface area contributed by atoms with Gasteiger partial charge in [-0.25, -0.2) is 0 Å². The first-order valence-corrected chi connectivity index (χ1v) is 7.62. The molecule has 0 saturated heterocycles. The number of hydrogen-bond acceptors (Lipinski definition) is 4. The maximum Gasteiger partial charge on any atom is 0.417 e. The Morgan fingerprint density at radius 3 is 2.37 bits per heavy atom. The Morgan fingerprint density at radius 2 is 1.81 bits per heavy atom. The number of rotatable bonds is 5. The number of esters is 1. The fourth-order valence-corrected chi connectivity index (χ4v) is 2.49. The summed E-state index contributed by atoms with van der Waals surface area (Å²) < 4.78 is 82.7. The molecule has 0 unspecified atom stereocenters. The van der Waals surface area contributed by atoms with E-state index in [2.05, 4.69) is 9.72 Å². The van der Waals surface area contributed by atoms with E-state index in [0.717, 1.165) is 18.2 Å². The zero-order valence-electron chi connectivity index (χ0n) is 13.9. The van der Waals surface area contributed by atoms with Crippen molar-refractivity contribution in [2.75, 3.05) is 24.6 Å². The molecule has 0 aliphatic carbocycles. The summed E-state index contributed by atoms with van der Waals surface area (Å²) >= 11 is 0. The average molecular weight is 396 g/mol. The number of carbonyl (C=O) groups excluding carboxylic acids is 1. The van der Waals surface area contributed by atoms with E-state index >= 15 is 0 Å². The lowest BCUT2D eigenvalue weighted by Gasteiger charge is -2.25. The van der Waals surface area contributed by atoms with Crippen molar-refractivity contribution in [3.05, 3.63) is 40.2 Å². The van der Waals surface area contributed by atoms with Gasteiger partial charge < -0.3 is 14.6 Å². The maximum atomic E-state index is 13.2. The lowest BCUT2D eigenvalue weighted by Crippen LogP contribution is -2.38. The molecule has 0 spiro atoms. The van der Waals surface area contributed by atoms with Gasteiger partial charge in [-0.3, -0.25) is 9.59 Å². The zero-order valence-corrected chi connectivity index (χ0v) is 13.9. The highest BCUT2D eigenvalue weighted by molar-refractivity contribution is 5.87. The van der Waals surface area contributed by atoms with Gasteiger partial charge in [-0.15, -0.1) is 0 Å². The van der Waals surface area contributed by atoms with Crippen LogP contribution < -0.4 is 10.5 Å². The van der Waals surface area contributed by atoms with Gasteiger partial charge in [0.25, 0.3) is 0 Å². The van der Waals surface area contributed by atoms with E-state index < -0.39 is 47.9 Å². The van der Waals surface area contributed by atoms with Crippen molar-refractivity contribution >= 4 is 22.6 Å². The second kappa shape index (κ2) is 7.49. The van der Waals surface area contributed by atoms with Gasteiger partial charge in [0.05, 0.1) is 12.2 Å². The van der Waals surface area contributed by atoms with E-state index in [0.29, 0.717) is 11.0 Å². The van der Waals surface area contributed by atoms with Crippen LogP contribution in [0.1, 0.15) is 12.5 Å². The third-order valence-electron chi connectivity index (χ3n) is 3.49. The molecule has 27 heavy (non-hydrogen) atoms. The predicted octanol–water partition coefficient (Wildman–Crippen LogP) is 3.48. The molecule has 1 aromatic carbocycles. The van der Waals surface area contributed by atoms with E-state index in [1.807, 2.05) is 0 Å². The second-order valence-corrected chi connectivity index (χ2v) is 5.55. The van der Waals surface area contributed by atoms with Crippen molar-refractivity contribution in [2.24, 2.45) is 0 Å². The van der Waals surface area contributed by atoms with Crippen LogP contribution in [0.25, 0.3) is 10.9 Å². The van der Waals surface area contributed by atoms with E-state index in [4.69, 9.17) is 0 Å². The molecule has 1 heterocycles. The highest BCUT2D eigenvalue weighted by Gasteiger charge is 2.35.